The Bertz CT molecular complexity index is 1450. The Morgan fingerprint density at radius 2 is 1.69 bits per heavy atom. The lowest BCUT2D eigenvalue weighted by atomic mass is 9.91. The second-order valence-electron chi connectivity index (χ2n) is 9.76. The molecule has 2 heterocycles. The number of methoxy groups -OCH3 is 3. The van der Waals surface area contributed by atoms with E-state index in [4.69, 9.17) is 30.8 Å². The van der Waals surface area contributed by atoms with Gasteiger partial charge in [0.25, 0.3) is 0 Å². The number of esters is 1. The van der Waals surface area contributed by atoms with E-state index >= 15 is 0 Å². The number of aromatic nitrogens is 2. The van der Waals surface area contributed by atoms with Crippen LogP contribution in [0.1, 0.15) is 41.6 Å². The Hall–Kier alpha value is -3.75. The number of nitrogens with one attached hydrogen (secondary N) is 2. The van der Waals surface area contributed by atoms with Crippen LogP contribution in [0.25, 0.3) is 16.9 Å². The third-order valence-electron chi connectivity index (χ3n) is 7.28. The quantitative estimate of drug-likeness (QED) is 0.249. The van der Waals surface area contributed by atoms with Gasteiger partial charge in [0.15, 0.2) is 0 Å². The summed E-state index contributed by atoms with van der Waals surface area (Å²) in [7, 11) is 4.60. The maximum absolute atomic E-state index is 11.6. The van der Waals surface area contributed by atoms with E-state index in [1.807, 2.05) is 47.1 Å². The number of rotatable bonds is 9. The third-order valence-corrected chi connectivity index (χ3v) is 7.57. The van der Waals surface area contributed by atoms with Crippen molar-refractivity contribution in [1.82, 2.24) is 14.7 Å². The average molecular weight is 549 g/mol. The average Bonchev–Trinajstić information content (AvgIpc) is 3.40. The molecule has 9 heteroatoms. The molecule has 1 aliphatic rings. The van der Waals surface area contributed by atoms with E-state index in [0.29, 0.717) is 34.2 Å². The molecular formula is C30H33ClN4O4. The Balaban J connectivity index is 1.17. The van der Waals surface area contributed by atoms with Crippen molar-refractivity contribution in [3.63, 3.8) is 0 Å². The van der Waals surface area contributed by atoms with Crippen LogP contribution in [0.3, 0.4) is 0 Å². The van der Waals surface area contributed by atoms with Gasteiger partial charge < -0.3 is 29.2 Å². The molecule has 1 aliphatic carbocycles. The molecule has 2 aromatic carbocycles. The van der Waals surface area contributed by atoms with Gasteiger partial charge in [-0.05, 0) is 55.5 Å². The second-order valence-corrected chi connectivity index (χ2v) is 10.2. The second kappa shape index (κ2) is 12.0. The summed E-state index contributed by atoms with van der Waals surface area (Å²) in [5.41, 5.74) is 5.22. The van der Waals surface area contributed by atoms with E-state index in [-0.39, 0.29) is 5.97 Å². The van der Waals surface area contributed by atoms with Crippen LogP contribution in [-0.4, -0.2) is 48.8 Å². The van der Waals surface area contributed by atoms with Crippen LogP contribution in [-0.2, 0) is 11.3 Å². The zero-order valence-corrected chi connectivity index (χ0v) is 23.1. The molecular weight excluding hydrogens is 516 g/mol. The topological polar surface area (TPSA) is 86.1 Å². The number of halogens is 1. The zero-order valence-electron chi connectivity index (χ0n) is 22.4. The van der Waals surface area contributed by atoms with Crippen molar-refractivity contribution < 1.29 is 19.0 Å². The minimum atomic E-state index is -0.310. The number of benzene rings is 2. The number of hydrogen-bond donors (Lipinski definition) is 2. The van der Waals surface area contributed by atoms with Gasteiger partial charge in [0.05, 0.1) is 37.6 Å². The first kappa shape index (κ1) is 26.8. The number of carbonyl (C=O) groups excluding carboxylic acids is 1. The smallest absolute Gasteiger partial charge is 0.337 e. The summed E-state index contributed by atoms with van der Waals surface area (Å²) < 4.78 is 17.6. The van der Waals surface area contributed by atoms with E-state index in [0.717, 1.165) is 60.4 Å². The molecule has 39 heavy (non-hydrogen) atoms. The van der Waals surface area contributed by atoms with Gasteiger partial charge in [-0.1, -0.05) is 23.7 Å². The fraction of sp³-hybridized carbons (Fsp3) is 0.333. The van der Waals surface area contributed by atoms with E-state index in [2.05, 4.69) is 22.8 Å². The van der Waals surface area contributed by atoms with Crippen LogP contribution in [0.15, 0.2) is 60.9 Å². The van der Waals surface area contributed by atoms with Crippen molar-refractivity contribution in [2.45, 2.75) is 44.3 Å². The lowest BCUT2D eigenvalue weighted by Gasteiger charge is -2.30. The highest BCUT2D eigenvalue weighted by Crippen LogP contribution is 2.38. The maximum atomic E-state index is 11.6. The number of pyridine rings is 1. The van der Waals surface area contributed by atoms with E-state index in [9.17, 15) is 4.79 Å². The van der Waals surface area contributed by atoms with E-state index < -0.39 is 0 Å². The SMILES string of the molecule is COC(=O)c1ccc(CNC2CCC(Nc3ccn4cc(-c5cc(Cl)c(OC)cc5OC)nc4c3)CC2)cc1. The van der Waals surface area contributed by atoms with Crippen molar-refractivity contribution in [2.24, 2.45) is 0 Å². The largest absolute Gasteiger partial charge is 0.496 e. The molecule has 2 N–H and O–H groups in total. The molecule has 0 aliphatic heterocycles. The van der Waals surface area contributed by atoms with Gasteiger partial charge in [-0.3, -0.25) is 0 Å². The molecule has 2 aromatic heterocycles. The van der Waals surface area contributed by atoms with Crippen molar-refractivity contribution >= 4 is 28.9 Å². The molecule has 4 aromatic rings. The monoisotopic (exact) mass is 548 g/mol. The molecule has 0 unspecified atom stereocenters. The third kappa shape index (κ3) is 6.13. The predicted octanol–water partition coefficient (Wildman–Crippen LogP) is 5.97. The highest BCUT2D eigenvalue weighted by molar-refractivity contribution is 6.32. The van der Waals surface area contributed by atoms with Gasteiger partial charge >= 0.3 is 5.97 Å². The minimum Gasteiger partial charge on any atom is -0.496 e. The fourth-order valence-corrected chi connectivity index (χ4v) is 5.32. The van der Waals surface area contributed by atoms with Crippen LogP contribution in [0.2, 0.25) is 5.02 Å². The normalized spacial score (nSPS) is 17.1. The number of imidazole rings is 1. The molecule has 1 fully saturated rings. The van der Waals surface area contributed by atoms with Crippen molar-refractivity contribution in [2.75, 3.05) is 26.6 Å². The van der Waals surface area contributed by atoms with Gasteiger partial charge in [0, 0.05) is 54.4 Å². The van der Waals surface area contributed by atoms with Crippen molar-refractivity contribution in [1.29, 1.82) is 0 Å². The molecule has 1 saturated carbocycles. The van der Waals surface area contributed by atoms with E-state index in [1.165, 1.54) is 7.11 Å². The maximum Gasteiger partial charge on any atom is 0.337 e. The Morgan fingerprint density at radius 1 is 0.974 bits per heavy atom. The highest BCUT2D eigenvalue weighted by atomic mass is 35.5. The van der Waals surface area contributed by atoms with Crippen LogP contribution >= 0.6 is 11.6 Å². The van der Waals surface area contributed by atoms with Gasteiger partial charge in [-0.25, -0.2) is 9.78 Å². The Morgan fingerprint density at radius 3 is 2.38 bits per heavy atom. The molecule has 0 spiro atoms. The number of anilines is 1. The number of carbonyl (C=O) groups is 1. The summed E-state index contributed by atoms with van der Waals surface area (Å²) in [5.74, 6) is 0.906. The highest BCUT2D eigenvalue weighted by Gasteiger charge is 2.21. The number of nitrogens with zero attached hydrogens (tertiary/aromatic N) is 2. The summed E-state index contributed by atoms with van der Waals surface area (Å²) in [4.78, 5) is 16.4. The molecule has 0 atom stereocenters. The van der Waals surface area contributed by atoms with Crippen LogP contribution in [0.5, 0.6) is 11.5 Å². The first-order chi connectivity index (χ1) is 19.0. The summed E-state index contributed by atoms with van der Waals surface area (Å²) in [6, 6.07) is 16.2. The molecule has 5 rings (SSSR count). The number of fused-ring (bicyclic) bond motifs is 1. The summed E-state index contributed by atoms with van der Waals surface area (Å²) >= 11 is 6.38. The summed E-state index contributed by atoms with van der Waals surface area (Å²) in [6.07, 6.45) is 8.37. The molecule has 0 amide bonds. The fourth-order valence-electron chi connectivity index (χ4n) is 5.08. The summed E-state index contributed by atoms with van der Waals surface area (Å²) in [6.45, 7) is 0.785. The molecule has 8 nitrogen and oxygen atoms in total. The number of ether oxygens (including phenoxy) is 3. The Kier molecular flexibility index (Phi) is 8.24. The molecule has 0 bridgehead atoms. The molecule has 204 valence electrons. The first-order valence-electron chi connectivity index (χ1n) is 13.0. The molecule has 0 saturated heterocycles. The lowest BCUT2D eigenvalue weighted by Crippen LogP contribution is -2.36. The standard InChI is InChI=1S/C30H33ClN4O4/c1-37-27-16-28(38-2)25(31)15-24(27)26-18-35-13-12-23(14-29(35)34-26)33-22-10-8-21(9-11-22)32-17-19-4-6-20(7-5-19)30(36)39-3/h4-7,12-16,18,21-22,32-33H,8-11,17H2,1-3H3. The van der Waals surface area contributed by atoms with Gasteiger partial charge in [-0.2, -0.15) is 0 Å². The molecule has 0 radical (unpaired) electrons. The van der Waals surface area contributed by atoms with Crippen LogP contribution in [0.4, 0.5) is 5.69 Å². The van der Waals surface area contributed by atoms with Gasteiger partial charge in [0.1, 0.15) is 17.1 Å². The van der Waals surface area contributed by atoms with Crippen molar-refractivity contribution in [3.05, 3.63) is 77.1 Å². The van der Waals surface area contributed by atoms with Crippen molar-refractivity contribution in [3.8, 4) is 22.8 Å². The van der Waals surface area contributed by atoms with E-state index in [1.54, 1.807) is 20.3 Å². The Labute approximate surface area is 233 Å². The van der Waals surface area contributed by atoms with Gasteiger partial charge in [0.2, 0.25) is 0 Å². The predicted molar refractivity (Wildman–Crippen MR) is 153 cm³/mol. The minimum absolute atomic E-state index is 0.310. The van der Waals surface area contributed by atoms with Crippen LogP contribution < -0.4 is 20.1 Å². The number of hydrogen-bond acceptors (Lipinski definition) is 7. The van der Waals surface area contributed by atoms with Crippen LogP contribution in [0, 0.1) is 0 Å². The summed E-state index contributed by atoms with van der Waals surface area (Å²) in [5, 5.41) is 7.87. The zero-order chi connectivity index (χ0) is 27.4. The lowest BCUT2D eigenvalue weighted by molar-refractivity contribution is 0.0600. The van der Waals surface area contributed by atoms with Gasteiger partial charge in [-0.15, -0.1) is 0 Å². The first-order valence-corrected chi connectivity index (χ1v) is 13.4.